The second-order valence-electron chi connectivity index (χ2n) is 6.41. The summed E-state index contributed by atoms with van der Waals surface area (Å²) in [5.41, 5.74) is 14.6. The summed E-state index contributed by atoms with van der Waals surface area (Å²) in [5.74, 6) is -1.46. The first-order chi connectivity index (χ1) is 13.8. The van der Waals surface area contributed by atoms with Gasteiger partial charge in [-0.1, -0.05) is 34.5 Å². The number of hydrogen-bond acceptors (Lipinski definition) is 9. The van der Waals surface area contributed by atoms with Crippen LogP contribution in [-0.2, 0) is 7.05 Å². The highest BCUT2D eigenvalue weighted by Crippen LogP contribution is 2.43. The maximum absolute atomic E-state index is 13.0. The maximum Gasteiger partial charge on any atom is 0.305 e. The van der Waals surface area contributed by atoms with E-state index in [1.165, 1.54) is 7.05 Å². The number of hydrogen-bond donors (Lipinski definition) is 2. The van der Waals surface area contributed by atoms with Crippen molar-refractivity contribution < 1.29 is 19.1 Å². The fourth-order valence-corrected chi connectivity index (χ4v) is 4.18. The van der Waals surface area contributed by atoms with Crippen LogP contribution in [0.15, 0.2) is 28.8 Å². The molecule has 0 atom stereocenters. The number of pyridine rings is 1. The highest BCUT2D eigenvalue weighted by molar-refractivity contribution is 7.21. The SMILES string of the molecule is Cc1ccc(-c2c(C#N)c(N)nc3sc(C(=O)c4c([O-])on[n+]4C)c(N)c23)cc1. The van der Waals surface area contributed by atoms with Crippen LogP contribution in [0.25, 0.3) is 21.3 Å². The Morgan fingerprint density at radius 3 is 2.59 bits per heavy atom. The lowest BCUT2D eigenvalue weighted by molar-refractivity contribution is -0.741. The Kier molecular flexibility index (Phi) is 4.17. The van der Waals surface area contributed by atoms with Crippen LogP contribution in [0.5, 0.6) is 5.95 Å². The van der Waals surface area contributed by atoms with Gasteiger partial charge in [-0.2, -0.15) is 5.26 Å². The van der Waals surface area contributed by atoms with Gasteiger partial charge in [0, 0.05) is 10.9 Å². The third kappa shape index (κ3) is 2.76. The van der Waals surface area contributed by atoms with E-state index in [0.717, 1.165) is 27.1 Å². The zero-order valence-corrected chi connectivity index (χ0v) is 16.2. The van der Waals surface area contributed by atoms with Gasteiger partial charge < -0.3 is 21.1 Å². The Hall–Kier alpha value is -3.97. The predicted molar refractivity (Wildman–Crippen MR) is 104 cm³/mol. The molecule has 4 rings (SSSR count). The van der Waals surface area contributed by atoms with E-state index in [9.17, 15) is 15.2 Å². The maximum atomic E-state index is 13.0. The molecule has 10 heteroatoms. The minimum atomic E-state index is -0.863. The molecule has 0 saturated heterocycles. The van der Waals surface area contributed by atoms with Crippen molar-refractivity contribution in [3.63, 3.8) is 0 Å². The lowest BCUT2D eigenvalue weighted by Crippen LogP contribution is -2.37. The average molecular weight is 406 g/mol. The van der Waals surface area contributed by atoms with Crippen LogP contribution in [0.1, 0.15) is 26.5 Å². The van der Waals surface area contributed by atoms with Crippen molar-refractivity contribution in [1.82, 2.24) is 10.3 Å². The number of nitrogens with two attached hydrogens (primary N) is 2. The van der Waals surface area contributed by atoms with Gasteiger partial charge in [0.2, 0.25) is 0 Å². The van der Waals surface area contributed by atoms with Crippen LogP contribution in [0.3, 0.4) is 0 Å². The Labute approximate surface area is 168 Å². The molecule has 0 aliphatic rings. The molecule has 144 valence electrons. The zero-order chi connectivity index (χ0) is 20.9. The third-order valence-electron chi connectivity index (χ3n) is 4.54. The summed E-state index contributed by atoms with van der Waals surface area (Å²) in [7, 11) is 1.42. The lowest BCUT2D eigenvalue weighted by Gasteiger charge is -2.10. The number of carbonyl (C=O) groups is 1. The van der Waals surface area contributed by atoms with Crippen molar-refractivity contribution in [3.05, 3.63) is 46.0 Å². The molecule has 4 aromatic rings. The molecule has 9 nitrogen and oxygen atoms in total. The Morgan fingerprint density at radius 1 is 1.31 bits per heavy atom. The van der Waals surface area contributed by atoms with E-state index in [4.69, 9.17) is 11.5 Å². The standard InChI is InChI=1S/C19H14N6O3S/c1-8-3-5-9(6-4-8)11-10(7-20)17(22)23-18-12(11)13(21)16(29-18)15(26)14-19(27)28-24-25(14)2/h3-6H,1-2H3,(H4-,21,22,23,24,26,27). The molecule has 0 aliphatic carbocycles. The number of thiophene rings is 1. The second-order valence-corrected chi connectivity index (χ2v) is 7.41. The molecule has 3 aromatic heterocycles. The van der Waals surface area contributed by atoms with E-state index in [1.54, 1.807) is 0 Å². The van der Waals surface area contributed by atoms with Crippen molar-refractivity contribution >= 4 is 38.8 Å². The molecule has 0 spiro atoms. The van der Waals surface area contributed by atoms with Crippen molar-refractivity contribution in [3.8, 4) is 23.1 Å². The molecular formula is C19H14N6O3S. The van der Waals surface area contributed by atoms with Gasteiger partial charge in [-0.15, -0.1) is 11.3 Å². The zero-order valence-electron chi connectivity index (χ0n) is 15.4. The molecule has 0 fully saturated rings. The number of nitrogen functional groups attached to an aromatic ring is 2. The van der Waals surface area contributed by atoms with Gasteiger partial charge in [-0.25, -0.2) is 4.98 Å². The number of anilines is 2. The summed E-state index contributed by atoms with van der Waals surface area (Å²) in [5, 5.41) is 25.4. The van der Waals surface area contributed by atoms with E-state index >= 15 is 0 Å². The minimum Gasteiger partial charge on any atom is -0.539 e. The summed E-state index contributed by atoms with van der Waals surface area (Å²) >= 11 is 0.996. The molecule has 3 heterocycles. The number of nitrogens with zero attached hydrogens (tertiary/aromatic N) is 4. The van der Waals surface area contributed by atoms with E-state index in [2.05, 4.69) is 20.8 Å². The number of nitriles is 1. The summed E-state index contributed by atoms with van der Waals surface area (Å²) in [4.78, 5) is 17.7. The van der Waals surface area contributed by atoms with Gasteiger partial charge >= 0.3 is 5.69 Å². The normalized spacial score (nSPS) is 10.9. The Balaban J connectivity index is 2.04. The number of fused-ring (bicyclic) bond motifs is 1. The second kappa shape index (κ2) is 6.57. The summed E-state index contributed by atoms with van der Waals surface area (Å²) in [6.45, 7) is 1.95. The lowest BCUT2D eigenvalue weighted by atomic mass is 9.96. The van der Waals surface area contributed by atoms with Gasteiger partial charge in [0.15, 0.2) is 13.0 Å². The van der Waals surface area contributed by atoms with Crippen molar-refractivity contribution in [2.75, 3.05) is 11.5 Å². The molecule has 4 N–H and O–H groups in total. The number of benzene rings is 1. The average Bonchev–Trinajstić information content (AvgIpc) is 3.20. The molecule has 1 aromatic carbocycles. The highest BCUT2D eigenvalue weighted by Gasteiger charge is 2.30. The van der Waals surface area contributed by atoms with E-state index in [0.29, 0.717) is 15.8 Å². The summed E-state index contributed by atoms with van der Waals surface area (Å²) < 4.78 is 5.59. The number of aromatic nitrogens is 3. The molecule has 29 heavy (non-hydrogen) atoms. The molecule has 0 unspecified atom stereocenters. The number of aryl methyl sites for hydroxylation is 2. The molecule has 0 amide bonds. The summed E-state index contributed by atoms with van der Waals surface area (Å²) in [6.07, 6.45) is 0. The first-order valence-electron chi connectivity index (χ1n) is 8.39. The van der Waals surface area contributed by atoms with E-state index in [-0.39, 0.29) is 27.6 Å². The smallest absolute Gasteiger partial charge is 0.305 e. The van der Waals surface area contributed by atoms with E-state index < -0.39 is 11.7 Å². The van der Waals surface area contributed by atoms with Gasteiger partial charge in [-0.3, -0.25) is 4.79 Å². The predicted octanol–water partition coefficient (Wildman–Crippen LogP) is 1.42. The van der Waals surface area contributed by atoms with Crippen molar-refractivity contribution in [2.45, 2.75) is 6.92 Å². The van der Waals surface area contributed by atoms with Gasteiger partial charge in [0.25, 0.3) is 5.78 Å². The van der Waals surface area contributed by atoms with Crippen molar-refractivity contribution in [1.29, 1.82) is 5.26 Å². The minimum absolute atomic E-state index is 0.0378. The molecule has 0 bridgehead atoms. The highest BCUT2D eigenvalue weighted by atomic mass is 32.1. The van der Waals surface area contributed by atoms with Gasteiger partial charge in [-0.05, 0) is 12.5 Å². The number of carbonyl (C=O) groups excluding carboxylic acids is 1. The monoisotopic (exact) mass is 406 g/mol. The Morgan fingerprint density at radius 2 is 2.00 bits per heavy atom. The van der Waals surface area contributed by atoms with Crippen molar-refractivity contribution in [2.24, 2.45) is 7.05 Å². The first kappa shape index (κ1) is 18.4. The third-order valence-corrected chi connectivity index (χ3v) is 5.64. The number of ketones is 1. The summed E-state index contributed by atoms with van der Waals surface area (Å²) in [6, 6.07) is 9.56. The quantitative estimate of drug-likeness (QED) is 0.382. The Bertz CT molecular complexity index is 1310. The first-order valence-corrected chi connectivity index (χ1v) is 9.21. The van der Waals surface area contributed by atoms with Gasteiger partial charge in [0.1, 0.15) is 27.2 Å². The van der Waals surface area contributed by atoms with Crippen LogP contribution in [0, 0.1) is 18.3 Å². The van der Waals surface area contributed by atoms with Crippen LogP contribution >= 0.6 is 11.3 Å². The largest absolute Gasteiger partial charge is 0.539 e. The molecule has 0 radical (unpaired) electrons. The van der Waals surface area contributed by atoms with Crippen LogP contribution in [-0.4, -0.2) is 16.0 Å². The fourth-order valence-electron chi connectivity index (χ4n) is 3.12. The fraction of sp³-hybridized carbons (Fsp3) is 0.105. The van der Waals surface area contributed by atoms with Gasteiger partial charge in [0.05, 0.1) is 11.0 Å². The van der Waals surface area contributed by atoms with Crippen LogP contribution in [0.2, 0.25) is 0 Å². The molecule has 0 aliphatic heterocycles. The topological polar surface area (TPSA) is 159 Å². The van der Waals surface area contributed by atoms with Crippen LogP contribution < -0.4 is 21.3 Å². The number of rotatable bonds is 3. The van der Waals surface area contributed by atoms with E-state index in [1.807, 2.05) is 31.2 Å². The van der Waals surface area contributed by atoms with Crippen LogP contribution in [0.4, 0.5) is 11.5 Å². The molecular weight excluding hydrogens is 392 g/mol. The molecule has 0 saturated carbocycles.